The van der Waals surface area contributed by atoms with E-state index >= 15 is 0 Å². The Morgan fingerprint density at radius 2 is 1.00 bits per heavy atom. The molecule has 0 amide bonds. The molecule has 0 N–H and O–H groups in total. The lowest BCUT2D eigenvalue weighted by Gasteiger charge is -2.25. The standard InChI is InChI=1S/C46H42P2/c1-4-16-34(17-5-1)41-24-14-15-27-44(41)47-32-37-30-28-35-18-10-12-25-42(35)45(37)46-38(31-29-36-19-11-13-26-43(36)46)33-48(39-20-6-2-7-21-39)40-22-8-3-9-23-40/h2-3,6-15,18-31,34,47H,1,4-5,16-17,32-33H2. The summed E-state index contributed by atoms with van der Waals surface area (Å²) in [4.78, 5) is 0. The van der Waals surface area contributed by atoms with Crippen LogP contribution in [-0.4, -0.2) is 0 Å². The number of fused-ring (bicyclic) bond motifs is 2. The van der Waals surface area contributed by atoms with E-state index in [0.29, 0.717) is 0 Å². The Morgan fingerprint density at radius 1 is 0.479 bits per heavy atom. The molecule has 7 aromatic carbocycles. The quantitative estimate of drug-likeness (QED) is 0.136. The zero-order chi connectivity index (χ0) is 32.1. The van der Waals surface area contributed by atoms with Crippen molar-refractivity contribution in [1.82, 2.24) is 0 Å². The molecule has 1 aliphatic carbocycles. The first-order chi connectivity index (χ1) is 23.8. The van der Waals surface area contributed by atoms with E-state index in [-0.39, 0.29) is 0 Å². The van der Waals surface area contributed by atoms with Gasteiger partial charge in [0.1, 0.15) is 0 Å². The summed E-state index contributed by atoms with van der Waals surface area (Å²) >= 11 is 0. The molecule has 2 heteroatoms. The van der Waals surface area contributed by atoms with Crippen molar-refractivity contribution in [2.75, 3.05) is 0 Å². The minimum atomic E-state index is -0.596. The maximum absolute atomic E-state index is 2.44. The fourth-order valence-electron chi connectivity index (χ4n) is 7.84. The van der Waals surface area contributed by atoms with Crippen molar-refractivity contribution in [2.24, 2.45) is 0 Å². The van der Waals surface area contributed by atoms with E-state index in [4.69, 9.17) is 0 Å². The minimum absolute atomic E-state index is 0.596. The highest BCUT2D eigenvalue weighted by atomic mass is 31.1. The van der Waals surface area contributed by atoms with E-state index in [1.54, 1.807) is 10.9 Å². The first-order valence-electron chi connectivity index (χ1n) is 17.6. The van der Waals surface area contributed by atoms with Gasteiger partial charge in [-0.15, -0.1) is 0 Å². The zero-order valence-corrected chi connectivity index (χ0v) is 29.4. The Hall–Kier alpha value is -4.08. The molecule has 1 saturated carbocycles. The normalized spacial score (nSPS) is 14.0. The topological polar surface area (TPSA) is 0 Å². The molecule has 1 atom stereocenters. The maximum atomic E-state index is 2.44. The van der Waals surface area contributed by atoms with Crippen LogP contribution in [-0.2, 0) is 12.3 Å². The van der Waals surface area contributed by atoms with E-state index in [1.807, 2.05) is 0 Å². The van der Waals surface area contributed by atoms with Crippen molar-refractivity contribution in [3.63, 3.8) is 0 Å². The third-order valence-electron chi connectivity index (χ3n) is 10.2. The molecule has 0 nitrogen and oxygen atoms in total. The van der Waals surface area contributed by atoms with Crippen LogP contribution in [0.1, 0.15) is 54.7 Å². The molecule has 1 aliphatic rings. The highest BCUT2D eigenvalue weighted by Crippen LogP contribution is 2.46. The van der Waals surface area contributed by atoms with Gasteiger partial charge in [-0.25, -0.2) is 0 Å². The molecule has 0 radical (unpaired) electrons. The van der Waals surface area contributed by atoms with Crippen molar-refractivity contribution in [3.05, 3.63) is 174 Å². The molecule has 0 heterocycles. The molecule has 7 aromatic rings. The zero-order valence-electron chi connectivity index (χ0n) is 27.5. The molecular formula is C46H42P2. The molecule has 0 aromatic heterocycles. The van der Waals surface area contributed by atoms with E-state index < -0.39 is 7.92 Å². The molecule has 48 heavy (non-hydrogen) atoms. The van der Waals surface area contributed by atoms with Crippen molar-refractivity contribution in [1.29, 1.82) is 0 Å². The van der Waals surface area contributed by atoms with Crippen LogP contribution in [0, 0.1) is 0 Å². The van der Waals surface area contributed by atoms with Crippen LogP contribution in [0.15, 0.2) is 158 Å². The second kappa shape index (κ2) is 14.6. The minimum Gasteiger partial charge on any atom is -0.0856 e. The van der Waals surface area contributed by atoms with Crippen LogP contribution in [0.4, 0.5) is 0 Å². The second-order valence-corrected chi connectivity index (χ2v) is 16.6. The number of rotatable bonds is 9. The van der Waals surface area contributed by atoms with E-state index in [0.717, 1.165) is 26.8 Å². The Bertz CT molecular complexity index is 2110. The monoisotopic (exact) mass is 656 g/mol. The Labute approximate surface area is 288 Å². The number of hydrogen-bond acceptors (Lipinski definition) is 0. The molecule has 1 unspecified atom stereocenters. The first kappa shape index (κ1) is 31.2. The van der Waals surface area contributed by atoms with Crippen molar-refractivity contribution in [2.45, 2.75) is 50.3 Å². The summed E-state index contributed by atoms with van der Waals surface area (Å²) in [5.74, 6) is 0.721. The lowest BCUT2D eigenvalue weighted by molar-refractivity contribution is 0.445. The average Bonchev–Trinajstić information content (AvgIpc) is 3.17. The summed E-state index contributed by atoms with van der Waals surface area (Å²) in [6.07, 6.45) is 8.87. The summed E-state index contributed by atoms with van der Waals surface area (Å²) in [5, 5.41) is 9.77. The van der Waals surface area contributed by atoms with Gasteiger partial charge in [0.25, 0.3) is 0 Å². The van der Waals surface area contributed by atoms with Gasteiger partial charge in [0, 0.05) is 6.16 Å². The molecule has 0 aliphatic heterocycles. The third kappa shape index (κ3) is 6.50. The summed E-state index contributed by atoms with van der Waals surface area (Å²) in [5.41, 5.74) is 7.37. The first-order valence-corrected chi connectivity index (χ1v) is 20.3. The Morgan fingerprint density at radius 3 is 1.65 bits per heavy atom. The van der Waals surface area contributed by atoms with Gasteiger partial charge in [-0.1, -0.05) is 186 Å². The SMILES string of the molecule is c1ccc(P(Cc2ccc3ccccc3c2-c2c(CPc3ccccc3C3CCCCC3)ccc3ccccc23)c2ccccc2)cc1. The van der Waals surface area contributed by atoms with Gasteiger partial charge in [-0.3, -0.25) is 0 Å². The van der Waals surface area contributed by atoms with Crippen LogP contribution in [0.25, 0.3) is 32.7 Å². The highest BCUT2D eigenvalue weighted by molar-refractivity contribution is 7.72. The smallest absolute Gasteiger partial charge is 0.00138 e. The van der Waals surface area contributed by atoms with Crippen LogP contribution in [0.3, 0.4) is 0 Å². The van der Waals surface area contributed by atoms with Gasteiger partial charge >= 0.3 is 0 Å². The largest absolute Gasteiger partial charge is 0.0856 e. The molecule has 0 bridgehead atoms. The highest BCUT2D eigenvalue weighted by Gasteiger charge is 2.22. The van der Waals surface area contributed by atoms with E-state index in [2.05, 4.69) is 158 Å². The average molecular weight is 657 g/mol. The number of benzene rings is 7. The predicted octanol–water partition coefficient (Wildman–Crippen LogP) is 11.8. The Balaban J connectivity index is 1.28. The van der Waals surface area contributed by atoms with Crippen LogP contribution in [0.5, 0.6) is 0 Å². The van der Waals surface area contributed by atoms with Crippen LogP contribution >= 0.6 is 16.5 Å². The van der Waals surface area contributed by atoms with Gasteiger partial charge in [-0.05, 0) is 98.1 Å². The van der Waals surface area contributed by atoms with Gasteiger partial charge in [-0.2, -0.15) is 0 Å². The summed E-state index contributed by atoms with van der Waals surface area (Å²) < 4.78 is 0. The lowest BCUT2D eigenvalue weighted by Crippen LogP contribution is -2.13. The summed E-state index contributed by atoms with van der Waals surface area (Å²) in [6, 6.07) is 59.4. The van der Waals surface area contributed by atoms with Gasteiger partial charge in [0.15, 0.2) is 0 Å². The van der Waals surface area contributed by atoms with Crippen molar-refractivity contribution in [3.8, 4) is 11.1 Å². The van der Waals surface area contributed by atoms with E-state index in [9.17, 15) is 0 Å². The molecule has 0 spiro atoms. The molecular weight excluding hydrogens is 614 g/mol. The lowest BCUT2D eigenvalue weighted by atomic mass is 9.84. The fraction of sp³-hybridized carbons (Fsp3) is 0.174. The van der Waals surface area contributed by atoms with Crippen molar-refractivity contribution >= 4 is 54.0 Å². The van der Waals surface area contributed by atoms with Gasteiger partial charge in [0.05, 0.1) is 0 Å². The molecule has 0 saturated heterocycles. The Kier molecular flexibility index (Phi) is 9.48. The molecule has 1 fully saturated rings. The maximum Gasteiger partial charge on any atom is 0.00138 e. The third-order valence-corrected chi connectivity index (χ3v) is 14.1. The van der Waals surface area contributed by atoms with Gasteiger partial charge < -0.3 is 0 Å². The number of hydrogen-bond donors (Lipinski definition) is 0. The summed E-state index contributed by atoms with van der Waals surface area (Å²) in [6.45, 7) is 0. The fourth-order valence-corrected chi connectivity index (χ4v) is 11.6. The molecule has 236 valence electrons. The van der Waals surface area contributed by atoms with E-state index in [1.165, 1.54) is 86.5 Å². The second-order valence-electron chi connectivity index (χ2n) is 13.2. The van der Waals surface area contributed by atoms with Crippen molar-refractivity contribution < 1.29 is 0 Å². The predicted molar refractivity (Wildman–Crippen MR) is 214 cm³/mol. The molecule has 8 rings (SSSR count). The summed E-state index contributed by atoms with van der Waals surface area (Å²) in [7, 11) is 0.150. The van der Waals surface area contributed by atoms with Crippen LogP contribution in [0.2, 0.25) is 0 Å². The van der Waals surface area contributed by atoms with Crippen LogP contribution < -0.4 is 15.9 Å². The van der Waals surface area contributed by atoms with Gasteiger partial charge in [0.2, 0.25) is 0 Å².